The molecule has 146 valence electrons. The van der Waals surface area contributed by atoms with Gasteiger partial charge in [0.15, 0.2) is 5.69 Å². The highest BCUT2D eigenvalue weighted by atomic mass is 32.1. The molecule has 4 heterocycles. The largest absolute Gasteiger partial charge is 0.379 e. The zero-order valence-electron chi connectivity index (χ0n) is 15.8. The Kier molecular flexibility index (Phi) is 5.46. The van der Waals surface area contributed by atoms with E-state index in [2.05, 4.69) is 24.8 Å². The number of hydrogen-bond acceptors (Lipinski definition) is 8. The Morgan fingerprint density at radius 1 is 1.30 bits per heavy atom. The lowest BCUT2D eigenvalue weighted by molar-refractivity contribution is 0.0598. The summed E-state index contributed by atoms with van der Waals surface area (Å²) in [7, 11) is 1.90. The summed E-state index contributed by atoms with van der Waals surface area (Å²) in [6, 6.07) is 0. The minimum Gasteiger partial charge on any atom is -0.379 e. The molecule has 0 aliphatic carbocycles. The molecule has 2 aromatic heterocycles. The van der Waals surface area contributed by atoms with E-state index in [1.165, 1.54) is 37.5 Å². The van der Waals surface area contributed by atoms with Crippen LogP contribution in [0.3, 0.4) is 0 Å². The molecule has 0 N–H and O–H groups in total. The second kappa shape index (κ2) is 7.99. The molecule has 0 unspecified atom stereocenters. The van der Waals surface area contributed by atoms with Crippen LogP contribution in [0.1, 0.15) is 45.5 Å². The molecule has 0 radical (unpaired) electrons. The first-order valence-electron chi connectivity index (χ1n) is 9.40. The fourth-order valence-corrected chi connectivity index (χ4v) is 4.37. The lowest BCUT2D eigenvalue weighted by atomic mass is 9.98. The summed E-state index contributed by atoms with van der Waals surface area (Å²) in [4.78, 5) is 17.9. The standard InChI is InChI=1S/C17H25N7O2S/c1-12-15(19-21-27-12)17(25)24-9-13(16-14(10-24)18-20-22(16)2)11-26-8-7-23-5-3-4-6-23/h13H,3-11H2,1-2H3/t13-/m0/s1. The molecular weight excluding hydrogens is 366 g/mol. The van der Waals surface area contributed by atoms with E-state index >= 15 is 0 Å². The van der Waals surface area contributed by atoms with Crippen molar-refractivity contribution in [2.24, 2.45) is 7.05 Å². The molecule has 9 nitrogen and oxygen atoms in total. The molecule has 2 aromatic rings. The molecule has 0 spiro atoms. The maximum Gasteiger partial charge on any atom is 0.275 e. The molecule has 27 heavy (non-hydrogen) atoms. The van der Waals surface area contributed by atoms with E-state index in [0.29, 0.717) is 32.0 Å². The van der Waals surface area contributed by atoms with Gasteiger partial charge in [0.25, 0.3) is 5.91 Å². The Labute approximate surface area is 162 Å². The van der Waals surface area contributed by atoms with Gasteiger partial charge in [-0.2, -0.15) is 0 Å². The number of aryl methyl sites for hydroxylation is 2. The smallest absolute Gasteiger partial charge is 0.275 e. The molecule has 1 saturated heterocycles. The van der Waals surface area contributed by atoms with Crippen LogP contribution in [0, 0.1) is 6.92 Å². The van der Waals surface area contributed by atoms with Crippen molar-refractivity contribution in [3.63, 3.8) is 0 Å². The third kappa shape index (κ3) is 3.87. The fourth-order valence-electron chi connectivity index (χ4n) is 3.91. The van der Waals surface area contributed by atoms with Crippen LogP contribution in [0.25, 0.3) is 0 Å². The minimum atomic E-state index is -0.0976. The van der Waals surface area contributed by atoms with E-state index in [4.69, 9.17) is 4.74 Å². The number of aromatic nitrogens is 5. The first-order valence-corrected chi connectivity index (χ1v) is 10.2. The average Bonchev–Trinajstić information content (AvgIpc) is 3.40. The van der Waals surface area contributed by atoms with Crippen molar-refractivity contribution in [2.45, 2.75) is 32.2 Å². The Bertz CT molecular complexity index is 799. The second-order valence-electron chi connectivity index (χ2n) is 7.23. The topological polar surface area (TPSA) is 89.3 Å². The number of rotatable bonds is 6. The first kappa shape index (κ1) is 18.5. The summed E-state index contributed by atoms with van der Waals surface area (Å²) < 4.78 is 11.7. The van der Waals surface area contributed by atoms with E-state index in [-0.39, 0.29) is 11.8 Å². The van der Waals surface area contributed by atoms with Crippen molar-refractivity contribution in [1.82, 2.24) is 34.4 Å². The highest BCUT2D eigenvalue weighted by Gasteiger charge is 2.34. The zero-order chi connectivity index (χ0) is 18.8. The highest BCUT2D eigenvalue weighted by Crippen LogP contribution is 2.28. The first-order chi connectivity index (χ1) is 13.1. The monoisotopic (exact) mass is 391 g/mol. The van der Waals surface area contributed by atoms with Gasteiger partial charge in [-0.05, 0) is 44.4 Å². The molecule has 0 saturated carbocycles. The molecule has 10 heteroatoms. The van der Waals surface area contributed by atoms with Gasteiger partial charge in [-0.3, -0.25) is 9.48 Å². The third-order valence-corrected chi connectivity index (χ3v) is 5.95. The number of carbonyl (C=O) groups excluding carboxylic acids is 1. The summed E-state index contributed by atoms with van der Waals surface area (Å²) in [5.74, 6) is -0.0391. The van der Waals surface area contributed by atoms with E-state index in [1.807, 2.05) is 14.0 Å². The van der Waals surface area contributed by atoms with Crippen LogP contribution in [0.5, 0.6) is 0 Å². The molecule has 0 bridgehead atoms. The number of nitrogens with zero attached hydrogens (tertiary/aromatic N) is 7. The van der Waals surface area contributed by atoms with Crippen LogP contribution in [-0.2, 0) is 18.3 Å². The van der Waals surface area contributed by atoms with Crippen molar-refractivity contribution < 1.29 is 9.53 Å². The summed E-state index contributed by atoms with van der Waals surface area (Å²) in [5, 5.41) is 12.4. The number of hydrogen-bond donors (Lipinski definition) is 0. The summed E-state index contributed by atoms with van der Waals surface area (Å²) >= 11 is 1.25. The Hall–Kier alpha value is -1.91. The van der Waals surface area contributed by atoms with Crippen molar-refractivity contribution in [1.29, 1.82) is 0 Å². The van der Waals surface area contributed by atoms with Crippen molar-refractivity contribution in [3.05, 3.63) is 22.0 Å². The lowest BCUT2D eigenvalue weighted by Gasteiger charge is -2.32. The van der Waals surface area contributed by atoms with Crippen LogP contribution < -0.4 is 0 Å². The minimum absolute atomic E-state index is 0.0585. The fraction of sp³-hybridized carbons (Fsp3) is 0.706. The van der Waals surface area contributed by atoms with Crippen LogP contribution in [-0.4, -0.2) is 79.7 Å². The SMILES string of the molecule is Cc1snnc1C(=O)N1Cc2nnn(C)c2[C@H](COCCN2CCCC2)C1. The van der Waals surface area contributed by atoms with Crippen molar-refractivity contribution in [2.75, 3.05) is 39.4 Å². The van der Waals surface area contributed by atoms with Gasteiger partial charge in [-0.15, -0.1) is 10.2 Å². The second-order valence-corrected chi connectivity index (χ2v) is 8.19. The molecule has 1 fully saturated rings. The van der Waals surface area contributed by atoms with Gasteiger partial charge >= 0.3 is 0 Å². The molecule has 1 atom stereocenters. The van der Waals surface area contributed by atoms with Gasteiger partial charge in [0.2, 0.25) is 0 Å². The number of fused-ring (bicyclic) bond motifs is 1. The van der Waals surface area contributed by atoms with Gasteiger partial charge < -0.3 is 14.5 Å². The lowest BCUT2D eigenvalue weighted by Crippen LogP contribution is -2.40. The molecule has 2 aliphatic rings. The predicted molar refractivity (Wildman–Crippen MR) is 99.6 cm³/mol. The maximum absolute atomic E-state index is 12.9. The van der Waals surface area contributed by atoms with Crippen molar-refractivity contribution >= 4 is 17.4 Å². The van der Waals surface area contributed by atoms with Gasteiger partial charge in [-0.1, -0.05) is 9.70 Å². The van der Waals surface area contributed by atoms with Crippen LogP contribution in [0.4, 0.5) is 0 Å². The molecule has 0 aromatic carbocycles. The van der Waals surface area contributed by atoms with Gasteiger partial charge in [0.1, 0.15) is 5.69 Å². The summed E-state index contributed by atoms with van der Waals surface area (Å²) in [5.41, 5.74) is 2.33. The predicted octanol–water partition coefficient (Wildman–Crippen LogP) is 0.827. The van der Waals surface area contributed by atoms with E-state index in [1.54, 1.807) is 9.58 Å². The third-order valence-electron chi connectivity index (χ3n) is 5.32. The Morgan fingerprint density at radius 3 is 2.85 bits per heavy atom. The highest BCUT2D eigenvalue weighted by molar-refractivity contribution is 7.05. The number of likely N-dealkylation sites (tertiary alicyclic amines) is 1. The normalized spacial score (nSPS) is 20.2. The van der Waals surface area contributed by atoms with Gasteiger partial charge in [0, 0.05) is 26.1 Å². The molecule has 1 amide bonds. The molecular formula is C17H25N7O2S. The average molecular weight is 392 g/mol. The zero-order valence-corrected chi connectivity index (χ0v) is 16.6. The quantitative estimate of drug-likeness (QED) is 0.674. The number of carbonyl (C=O) groups is 1. The van der Waals surface area contributed by atoms with Crippen molar-refractivity contribution in [3.8, 4) is 0 Å². The van der Waals surface area contributed by atoms with Crippen LogP contribution in [0.2, 0.25) is 0 Å². The Balaban J connectivity index is 1.42. The van der Waals surface area contributed by atoms with Crippen LogP contribution >= 0.6 is 11.5 Å². The van der Waals surface area contributed by atoms with E-state index < -0.39 is 0 Å². The Morgan fingerprint density at radius 2 is 2.11 bits per heavy atom. The van der Waals surface area contributed by atoms with Gasteiger partial charge in [0.05, 0.1) is 30.3 Å². The van der Waals surface area contributed by atoms with E-state index in [9.17, 15) is 4.79 Å². The summed E-state index contributed by atoms with van der Waals surface area (Å²) in [6.45, 7) is 7.47. The van der Waals surface area contributed by atoms with Crippen LogP contribution in [0.15, 0.2) is 0 Å². The number of ether oxygens (including phenoxy) is 1. The molecule has 2 aliphatic heterocycles. The van der Waals surface area contributed by atoms with Gasteiger partial charge in [-0.25, -0.2) is 0 Å². The summed E-state index contributed by atoms with van der Waals surface area (Å²) in [6.07, 6.45) is 2.57. The maximum atomic E-state index is 12.9. The van der Waals surface area contributed by atoms with E-state index in [0.717, 1.165) is 22.8 Å². The number of amides is 1. The molecule has 4 rings (SSSR count).